The molecule has 1 saturated heterocycles. The van der Waals surface area contributed by atoms with Crippen LogP contribution in [0.25, 0.3) is 0 Å². The summed E-state index contributed by atoms with van der Waals surface area (Å²) in [6, 6.07) is 0.117. The molecule has 2 amide bonds. The Morgan fingerprint density at radius 1 is 1.44 bits per heavy atom. The van der Waals surface area contributed by atoms with Gasteiger partial charge >= 0.3 is 12.0 Å². The van der Waals surface area contributed by atoms with Gasteiger partial charge in [-0.15, -0.1) is 0 Å². The number of piperidine rings is 1. The number of carboxylic acid groups (broad SMARTS) is 1. The SMILES string of the molecule is CCC1CCCCN1C(=O)N(C)CC(=O)O. The third-order valence-corrected chi connectivity index (χ3v) is 3.04. The van der Waals surface area contributed by atoms with Crippen molar-refractivity contribution in [3.8, 4) is 0 Å². The van der Waals surface area contributed by atoms with E-state index in [0.29, 0.717) is 0 Å². The van der Waals surface area contributed by atoms with Crippen molar-refractivity contribution in [2.24, 2.45) is 0 Å². The lowest BCUT2D eigenvalue weighted by atomic mass is 10.0. The van der Waals surface area contributed by atoms with Crippen molar-refractivity contribution in [1.29, 1.82) is 0 Å². The average Bonchev–Trinajstić information content (AvgIpc) is 2.27. The van der Waals surface area contributed by atoms with Gasteiger partial charge in [0.15, 0.2) is 0 Å². The van der Waals surface area contributed by atoms with Crippen molar-refractivity contribution in [3.05, 3.63) is 0 Å². The standard InChI is InChI=1S/C11H20N2O3/c1-3-9-6-4-5-7-13(9)11(16)12(2)8-10(14)15/h9H,3-8H2,1-2H3,(H,14,15). The van der Waals surface area contributed by atoms with E-state index in [4.69, 9.17) is 5.11 Å². The molecule has 0 spiro atoms. The molecule has 1 unspecified atom stereocenters. The Hall–Kier alpha value is -1.26. The van der Waals surface area contributed by atoms with E-state index in [9.17, 15) is 9.59 Å². The normalized spacial score (nSPS) is 20.6. The highest BCUT2D eigenvalue weighted by Gasteiger charge is 2.27. The molecule has 5 nitrogen and oxygen atoms in total. The van der Waals surface area contributed by atoms with Crippen molar-refractivity contribution < 1.29 is 14.7 Å². The van der Waals surface area contributed by atoms with Crippen LogP contribution in [0.5, 0.6) is 0 Å². The quantitative estimate of drug-likeness (QED) is 0.794. The number of urea groups is 1. The molecule has 0 aromatic rings. The summed E-state index contributed by atoms with van der Waals surface area (Å²) in [5.41, 5.74) is 0. The first-order chi connectivity index (χ1) is 7.56. The summed E-state index contributed by atoms with van der Waals surface area (Å²) in [6.45, 7) is 2.58. The molecule has 1 heterocycles. The number of rotatable bonds is 3. The summed E-state index contributed by atoms with van der Waals surface area (Å²) in [7, 11) is 1.54. The minimum Gasteiger partial charge on any atom is -0.480 e. The summed E-state index contributed by atoms with van der Waals surface area (Å²) in [4.78, 5) is 25.6. The van der Waals surface area contributed by atoms with Gasteiger partial charge < -0.3 is 14.9 Å². The molecule has 92 valence electrons. The van der Waals surface area contributed by atoms with Gasteiger partial charge in [-0.1, -0.05) is 6.92 Å². The van der Waals surface area contributed by atoms with Crippen molar-refractivity contribution in [1.82, 2.24) is 9.80 Å². The van der Waals surface area contributed by atoms with E-state index in [1.54, 1.807) is 0 Å². The Balaban J connectivity index is 2.59. The van der Waals surface area contributed by atoms with Gasteiger partial charge in [0.1, 0.15) is 6.54 Å². The monoisotopic (exact) mass is 228 g/mol. The van der Waals surface area contributed by atoms with Gasteiger partial charge in [-0.3, -0.25) is 4.79 Å². The van der Waals surface area contributed by atoms with E-state index < -0.39 is 5.97 Å². The molecular formula is C11H20N2O3. The fourth-order valence-corrected chi connectivity index (χ4v) is 2.17. The predicted octanol–water partition coefficient (Wildman–Crippen LogP) is 1.39. The first-order valence-corrected chi connectivity index (χ1v) is 5.79. The van der Waals surface area contributed by atoms with Gasteiger partial charge in [0.2, 0.25) is 0 Å². The average molecular weight is 228 g/mol. The zero-order valence-corrected chi connectivity index (χ0v) is 9.98. The Labute approximate surface area is 96.0 Å². The Kier molecular flexibility index (Phi) is 4.58. The number of nitrogens with zero attached hydrogens (tertiary/aromatic N) is 2. The molecule has 1 N–H and O–H groups in total. The van der Waals surface area contributed by atoms with Crippen molar-refractivity contribution >= 4 is 12.0 Å². The topological polar surface area (TPSA) is 60.9 Å². The zero-order chi connectivity index (χ0) is 12.1. The second-order valence-electron chi connectivity index (χ2n) is 4.28. The van der Waals surface area contributed by atoms with Crippen LogP contribution in [0.3, 0.4) is 0 Å². The van der Waals surface area contributed by atoms with Gasteiger partial charge in [-0.05, 0) is 25.7 Å². The van der Waals surface area contributed by atoms with Crippen molar-refractivity contribution in [3.63, 3.8) is 0 Å². The Morgan fingerprint density at radius 2 is 2.12 bits per heavy atom. The molecule has 0 saturated carbocycles. The number of hydrogen-bond acceptors (Lipinski definition) is 2. The van der Waals surface area contributed by atoms with Crippen molar-refractivity contribution in [2.45, 2.75) is 38.6 Å². The van der Waals surface area contributed by atoms with Gasteiger partial charge in [0.25, 0.3) is 0 Å². The lowest BCUT2D eigenvalue weighted by molar-refractivity contribution is -0.137. The molecule has 1 aliphatic rings. The van der Waals surface area contributed by atoms with Crippen LogP contribution in [0, 0.1) is 0 Å². The summed E-state index contributed by atoms with van der Waals surface area (Å²) in [6.07, 6.45) is 4.14. The van der Waals surface area contributed by atoms with E-state index in [1.165, 1.54) is 11.9 Å². The van der Waals surface area contributed by atoms with Gasteiger partial charge in [0.05, 0.1) is 0 Å². The van der Waals surface area contributed by atoms with Crippen LogP contribution in [0.4, 0.5) is 4.79 Å². The predicted molar refractivity (Wildman–Crippen MR) is 60.3 cm³/mol. The number of amides is 2. The van der Waals surface area contributed by atoms with E-state index in [-0.39, 0.29) is 18.6 Å². The molecule has 0 aliphatic carbocycles. The molecule has 0 aromatic heterocycles. The Bertz CT molecular complexity index is 268. The lowest BCUT2D eigenvalue weighted by Gasteiger charge is -2.37. The minimum atomic E-state index is -0.971. The van der Waals surface area contributed by atoms with Crippen LogP contribution in [-0.2, 0) is 4.79 Å². The Morgan fingerprint density at radius 3 is 2.69 bits per heavy atom. The molecular weight excluding hydrogens is 208 g/mol. The number of carbonyl (C=O) groups is 2. The molecule has 1 aliphatic heterocycles. The second kappa shape index (κ2) is 5.72. The van der Waals surface area contributed by atoms with Gasteiger partial charge in [-0.2, -0.15) is 0 Å². The molecule has 0 radical (unpaired) electrons. The molecule has 0 aromatic carbocycles. The van der Waals surface area contributed by atoms with Gasteiger partial charge in [-0.25, -0.2) is 4.79 Å². The smallest absolute Gasteiger partial charge is 0.323 e. The van der Waals surface area contributed by atoms with Crippen LogP contribution < -0.4 is 0 Å². The zero-order valence-electron chi connectivity index (χ0n) is 9.98. The minimum absolute atomic E-state index is 0.158. The summed E-state index contributed by atoms with van der Waals surface area (Å²) >= 11 is 0. The molecule has 1 rings (SSSR count). The lowest BCUT2D eigenvalue weighted by Crippen LogP contribution is -2.50. The highest BCUT2D eigenvalue weighted by atomic mass is 16.4. The van der Waals surface area contributed by atoms with E-state index in [0.717, 1.165) is 32.2 Å². The molecule has 1 fully saturated rings. The maximum absolute atomic E-state index is 12.0. The van der Waals surface area contributed by atoms with Crippen LogP contribution in [0.15, 0.2) is 0 Å². The number of hydrogen-bond donors (Lipinski definition) is 1. The maximum atomic E-state index is 12.0. The summed E-state index contributed by atoms with van der Waals surface area (Å²) in [5, 5.41) is 8.64. The first kappa shape index (κ1) is 12.8. The molecule has 1 atom stereocenters. The third kappa shape index (κ3) is 3.12. The van der Waals surface area contributed by atoms with E-state index in [1.807, 2.05) is 4.90 Å². The van der Waals surface area contributed by atoms with Crippen molar-refractivity contribution in [2.75, 3.05) is 20.1 Å². The molecule has 16 heavy (non-hydrogen) atoms. The van der Waals surface area contributed by atoms with Crippen LogP contribution in [0.1, 0.15) is 32.6 Å². The largest absolute Gasteiger partial charge is 0.480 e. The summed E-state index contributed by atoms with van der Waals surface area (Å²) < 4.78 is 0. The summed E-state index contributed by atoms with van der Waals surface area (Å²) in [5.74, 6) is -0.971. The number of aliphatic carboxylic acids is 1. The van der Waals surface area contributed by atoms with E-state index >= 15 is 0 Å². The fraction of sp³-hybridized carbons (Fsp3) is 0.818. The number of likely N-dealkylation sites (N-methyl/N-ethyl adjacent to an activating group) is 1. The molecule has 0 bridgehead atoms. The number of carbonyl (C=O) groups excluding carboxylic acids is 1. The third-order valence-electron chi connectivity index (χ3n) is 3.04. The van der Waals surface area contributed by atoms with Crippen LogP contribution in [0.2, 0.25) is 0 Å². The van der Waals surface area contributed by atoms with Crippen LogP contribution in [-0.4, -0.2) is 53.1 Å². The second-order valence-corrected chi connectivity index (χ2v) is 4.28. The maximum Gasteiger partial charge on any atom is 0.323 e. The highest BCUT2D eigenvalue weighted by molar-refractivity contribution is 5.80. The molecule has 5 heteroatoms. The van der Waals surface area contributed by atoms with E-state index in [2.05, 4.69) is 6.92 Å². The van der Waals surface area contributed by atoms with Crippen LogP contribution >= 0.6 is 0 Å². The highest BCUT2D eigenvalue weighted by Crippen LogP contribution is 2.20. The van der Waals surface area contributed by atoms with Gasteiger partial charge in [0, 0.05) is 19.6 Å². The number of carboxylic acids is 1. The number of likely N-dealkylation sites (tertiary alicyclic amines) is 1. The fourth-order valence-electron chi connectivity index (χ4n) is 2.17. The first-order valence-electron chi connectivity index (χ1n) is 5.79.